The van der Waals surface area contributed by atoms with Crippen molar-refractivity contribution in [2.24, 2.45) is 0 Å². The second-order valence-corrected chi connectivity index (χ2v) is 8.11. The summed E-state index contributed by atoms with van der Waals surface area (Å²) in [6.45, 7) is -0.797. The first-order chi connectivity index (χ1) is 16.0. The van der Waals surface area contributed by atoms with E-state index in [1.165, 1.54) is 6.07 Å². The zero-order chi connectivity index (χ0) is 24.9. The molecule has 176 valence electrons. The first-order valence-corrected chi connectivity index (χ1v) is 10.7. The molecular weight excluding hydrogens is 478 g/mol. The molecule has 13 heteroatoms. The molecule has 0 saturated heterocycles. The molecule has 3 aromatic carbocycles. The second kappa shape index (κ2) is 10.0. The van der Waals surface area contributed by atoms with Gasteiger partial charge in [0, 0.05) is 18.2 Å². The monoisotopic (exact) mass is 492 g/mol. The van der Waals surface area contributed by atoms with Gasteiger partial charge in [-0.2, -0.15) is 8.42 Å². The summed E-state index contributed by atoms with van der Waals surface area (Å²) in [5.74, 6) is -3.72. The summed E-state index contributed by atoms with van der Waals surface area (Å²) in [5, 5.41) is 12.9. The average Bonchev–Trinajstić information content (AvgIpc) is 2.80. The van der Waals surface area contributed by atoms with Gasteiger partial charge in [-0.15, -0.1) is 0 Å². The number of nitrogens with one attached hydrogen (secondary N) is 1. The summed E-state index contributed by atoms with van der Waals surface area (Å²) in [6, 6.07) is 11.3. The summed E-state index contributed by atoms with van der Waals surface area (Å²) in [7, 11) is -4.39. The van der Waals surface area contributed by atoms with Crippen molar-refractivity contribution in [2.45, 2.75) is 4.90 Å². The van der Waals surface area contributed by atoms with Crippen LogP contribution in [0.4, 0.5) is 20.2 Å². The van der Waals surface area contributed by atoms with Gasteiger partial charge in [-0.1, -0.05) is 6.07 Å². The van der Waals surface area contributed by atoms with Gasteiger partial charge in [0.2, 0.25) is 0 Å². The SMILES string of the molecule is O=C(COC(=O)c1ccc(OS(=O)(=O)c2cccc([N+](=O)[O-])c2)cc1)Nc1cc(F)ccc1F. The fraction of sp³-hybridized carbons (Fsp3) is 0.0476. The molecule has 0 aliphatic rings. The van der Waals surface area contributed by atoms with Crippen LogP contribution in [0.2, 0.25) is 0 Å². The molecule has 0 saturated carbocycles. The highest BCUT2D eigenvalue weighted by molar-refractivity contribution is 7.87. The molecule has 0 heterocycles. The number of halogens is 2. The number of esters is 1. The molecule has 3 aromatic rings. The highest BCUT2D eigenvalue weighted by Gasteiger charge is 2.20. The van der Waals surface area contributed by atoms with Crippen molar-refractivity contribution in [1.82, 2.24) is 0 Å². The molecule has 34 heavy (non-hydrogen) atoms. The van der Waals surface area contributed by atoms with Gasteiger partial charge < -0.3 is 14.2 Å². The van der Waals surface area contributed by atoms with Crippen molar-refractivity contribution in [2.75, 3.05) is 11.9 Å². The average molecular weight is 492 g/mol. The van der Waals surface area contributed by atoms with Gasteiger partial charge in [0.15, 0.2) is 6.61 Å². The Balaban J connectivity index is 1.60. The third-order valence-electron chi connectivity index (χ3n) is 4.15. The number of benzene rings is 3. The highest BCUT2D eigenvalue weighted by atomic mass is 32.2. The fourth-order valence-corrected chi connectivity index (χ4v) is 3.54. The van der Waals surface area contributed by atoms with Gasteiger partial charge in [-0.3, -0.25) is 14.9 Å². The Hall–Kier alpha value is -4.39. The zero-order valence-corrected chi connectivity index (χ0v) is 17.8. The molecule has 0 bridgehead atoms. The van der Waals surface area contributed by atoms with Crippen molar-refractivity contribution >= 4 is 33.4 Å². The second-order valence-electron chi connectivity index (χ2n) is 6.56. The van der Waals surface area contributed by atoms with E-state index in [9.17, 15) is 36.9 Å². The number of ether oxygens (including phenoxy) is 1. The van der Waals surface area contributed by atoms with Crippen LogP contribution in [-0.4, -0.2) is 31.8 Å². The number of carbonyl (C=O) groups is 2. The molecule has 0 radical (unpaired) electrons. The van der Waals surface area contributed by atoms with Crippen LogP contribution in [0.25, 0.3) is 0 Å². The van der Waals surface area contributed by atoms with E-state index >= 15 is 0 Å². The zero-order valence-electron chi connectivity index (χ0n) is 16.9. The molecular formula is C21H14F2N2O8S. The third-order valence-corrected chi connectivity index (χ3v) is 5.39. The fourth-order valence-electron chi connectivity index (χ4n) is 2.57. The quantitative estimate of drug-likeness (QED) is 0.218. The number of non-ortho nitro benzene ring substituents is 1. The molecule has 1 N–H and O–H groups in total. The van der Waals surface area contributed by atoms with Crippen molar-refractivity contribution in [1.29, 1.82) is 0 Å². The van der Waals surface area contributed by atoms with E-state index in [0.29, 0.717) is 0 Å². The van der Waals surface area contributed by atoms with Gasteiger partial charge in [0.25, 0.3) is 11.6 Å². The van der Waals surface area contributed by atoms with Crippen LogP contribution in [0.5, 0.6) is 5.75 Å². The normalized spacial score (nSPS) is 10.9. The molecule has 0 spiro atoms. The lowest BCUT2D eigenvalue weighted by Gasteiger charge is -2.09. The van der Waals surface area contributed by atoms with Crippen molar-refractivity contribution in [3.05, 3.63) is 94.0 Å². The largest absolute Gasteiger partial charge is 0.452 e. The van der Waals surface area contributed by atoms with E-state index in [0.717, 1.165) is 60.7 Å². The summed E-state index contributed by atoms with van der Waals surface area (Å²) in [4.78, 5) is 33.5. The van der Waals surface area contributed by atoms with Crippen LogP contribution >= 0.6 is 0 Å². The predicted octanol–water partition coefficient (Wildman–Crippen LogP) is 3.44. The number of rotatable bonds is 8. The number of amides is 1. The Morgan fingerprint density at radius 1 is 1.00 bits per heavy atom. The topological polar surface area (TPSA) is 142 Å². The van der Waals surface area contributed by atoms with Crippen molar-refractivity contribution in [3.8, 4) is 5.75 Å². The molecule has 0 aliphatic heterocycles. The van der Waals surface area contributed by atoms with E-state index < -0.39 is 61.4 Å². The molecule has 3 rings (SSSR count). The molecule has 0 atom stereocenters. The van der Waals surface area contributed by atoms with Crippen molar-refractivity contribution < 1.29 is 40.6 Å². The number of nitro benzene ring substituents is 1. The molecule has 10 nitrogen and oxygen atoms in total. The minimum absolute atomic E-state index is 0.0650. The first-order valence-electron chi connectivity index (χ1n) is 9.26. The van der Waals surface area contributed by atoms with Gasteiger partial charge in [0.05, 0.1) is 16.2 Å². The number of hydrogen-bond acceptors (Lipinski definition) is 8. The lowest BCUT2D eigenvalue weighted by Crippen LogP contribution is -2.21. The molecule has 0 unspecified atom stereocenters. The smallest absolute Gasteiger partial charge is 0.339 e. The van der Waals surface area contributed by atoms with E-state index in [1.807, 2.05) is 0 Å². The van der Waals surface area contributed by atoms with Gasteiger partial charge >= 0.3 is 16.1 Å². The Morgan fingerprint density at radius 2 is 1.71 bits per heavy atom. The Morgan fingerprint density at radius 3 is 2.38 bits per heavy atom. The predicted molar refractivity (Wildman–Crippen MR) is 113 cm³/mol. The molecule has 0 fully saturated rings. The van der Waals surface area contributed by atoms with Crippen LogP contribution in [0.3, 0.4) is 0 Å². The Kier molecular flexibility index (Phi) is 7.16. The number of hydrogen-bond donors (Lipinski definition) is 1. The van der Waals surface area contributed by atoms with E-state index in [2.05, 4.69) is 5.32 Å². The van der Waals surface area contributed by atoms with Crippen LogP contribution < -0.4 is 9.50 Å². The van der Waals surface area contributed by atoms with Gasteiger partial charge in [-0.05, 0) is 42.5 Å². The summed E-state index contributed by atoms with van der Waals surface area (Å²) in [5.41, 5.74) is -0.927. The van der Waals surface area contributed by atoms with Crippen LogP contribution in [0.1, 0.15) is 10.4 Å². The summed E-state index contributed by atoms with van der Waals surface area (Å²) < 4.78 is 61.0. The highest BCUT2D eigenvalue weighted by Crippen LogP contribution is 2.22. The van der Waals surface area contributed by atoms with E-state index in [1.54, 1.807) is 0 Å². The molecule has 0 aromatic heterocycles. The number of nitro groups is 1. The lowest BCUT2D eigenvalue weighted by atomic mass is 10.2. The van der Waals surface area contributed by atoms with Crippen LogP contribution in [0.15, 0.2) is 71.6 Å². The van der Waals surface area contributed by atoms with Gasteiger partial charge in [0.1, 0.15) is 22.3 Å². The maximum Gasteiger partial charge on any atom is 0.339 e. The van der Waals surface area contributed by atoms with Crippen LogP contribution in [0, 0.1) is 21.7 Å². The minimum Gasteiger partial charge on any atom is -0.452 e. The standard InChI is InChI=1S/C21H14F2N2O8S/c22-14-6-9-18(23)19(10-14)24-20(26)12-32-21(27)13-4-7-16(8-5-13)33-34(30,31)17-3-1-2-15(11-17)25(28)29/h1-11H,12H2,(H,24,26). The summed E-state index contributed by atoms with van der Waals surface area (Å²) >= 11 is 0. The third kappa shape index (κ3) is 6.10. The maximum absolute atomic E-state index is 13.5. The minimum atomic E-state index is -4.39. The number of anilines is 1. The van der Waals surface area contributed by atoms with Crippen molar-refractivity contribution in [3.63, 3.8) is 0 Å². The Labute approximate surface area is 191 Å². The Bertz CT molecular complexity index is 1360. The number of carbonyl (C=O) groups excluding carboxylic acids is 2. The molecule has 0 aliphatic carbocycles. The van der Waals surface area contributed by atoms with E-state index in [-0.39, 0.29) is 11.3 Å². The summed E-state index contributed by atoms with van der Waals surface area (Å²) in [6.07, 6.45) is 0. The van der Waals surface area contributed by atoms with E-state index in [4.69, 9.17) is 8.92 Å². The van der Waals surface area contributed by atoms with Gasteiger partial charge in [-0.25, -0.2) is 13.6 Å². The first kappa shape index (κ1) is 24.3. The maximum atomic E-state index is 13.5. The van der Waals surface area contributed by atoms with Crippen LogP contribution in [-0.2, 0) is 19.6 Å². The number of nitrogens with zero attached hydrogens (tertiary/aromatic N) is 1. The lowest BCUT2D eigenvalue weighted by molar-refractivity contribution is -0.385. The molecule has 1 amide bonds.